The molecule has 4 rings (SSSR count). The number of carbonyl (C=O) groups is 1. The minimum atomic E-state index is 0.0566. The van der Waals surface area contributed by atoms with E-state index in [1.54, 1.807) is 7.11 Å². The van der Waals surface area contributed by atoms with E-state index in [0.29, 0.717) is 12.5 Å². The van der Waals surface area contributed by atoms with Crippen LogP contribution in [0.5, 0.6) is 5.75 Å². The number of nitrogens with one attached hydrogen (secondary N) is 2. The third-order valence-electron chi connectivity index (χ3n) is 6.06. The van der Waals surface area contributed by atoms with Crippen molar-refractivity contribution in [3.8, 4) is 5.75 Å². The van der Waals surface area contributed by atoms with Gasteiger partial charge in [0.15, 0.2) is 0 Å². The van der Waals surface area contributed by atoms with Crippen LogP contribution in [-0.2, 0) is 11.3 Å². The van der Waals surface area contributed by atoms with Gasteiger partial charge in [0, 0.05) is 38.0 Å². The van der Waals surface area contributed by atoms with Gasteiger partial charge in [-0.05, 0) is 55.5 Å². The average Bonchev–Trinajstić information content (AvgIpc) is 2.82. The second-order valence-electron chi connectivity index (χ2n) is 8.54. The molecule has 0 radical (unpaired) electrons. The van der Waals surface area contributed by atoms with Gasteiger partial charge in [-0.15, -0.1) is 0 Å². The van der Waals surface area contributed by atoms with E-state index in [1.165, 1.54) is 0 Å². The number of hydrogen-bond donors (Lipinski definition) is 2. The SMILES string of the molecule is COc1ccc(CNC(=O)[C@H]2CC[C@@H](Nc3nc(N(C)C)c4ccccc4n3)CC2)cc1. The molecule has 1 aromatic heterocycles. The molecule has 1 aliphatic carbocycles. The summed E-state index contributed by atoms with van der Waals surface area (Å²) in [5, 5.41) is 7.63. The minimum absolute atomic E-state index is 0.0566. The Morgan fingerprint density at radius 2 is 1.75 bits per heavy atom. The minimum Gasteiger partial charge on any atom is -0.497 e. The maximum atomic E-state index is 12.6. The lowest BCUT2D eigenvalue weighted by molar-refractivity contribution is -0.126. The van der Waals surface area contributed by atoms with Gasteiger partial charge in [0.2, 0.25) is 11.9 Å². The number of nitrogens with zero attached hydrogens (tertiary/aromatic N) is 3. The van der Waals surface area contributed by atoms with Gasteiger partial charge in [-0.3, -0.25) is 4.79 Å². The van der Waals surface area contributed by atoms with Crippen LogP contribution in [0.1, 0.15) is 31.2 Å². The molecule has 1 aliphatic rings. The molecule has 1 saturated carbocycles. The molecule has 0 saturated heterocycles. The second kappa shape index (κ2) is 9.85. The third-order valence-corrected chi connectivity index (χ3v) is 6.06. The number of ether oxygens (including phenoxy) is 1. The molecule has 2 aromatic carbocycles. The van der Waals surface area contributed by atoms with Crippen molar-refractivity contribution in [2.45, 2.75) is 38.3 Å². The summed E-state index contributed by atoms with van der Waals surface area (Å²) in [6, 6.07) is 16.1. The molecule has 0 aliphatic heterocycles. The molecular formula is C25H31N5O2. The number of fused-ring (bicyclic) bond motifs is 1. The highest BCUT2D eigenvalue weighted by Crippen LogP contribution is 2.28. The van der Waals surface area contributed by atoms with Crippen molar-refractivity contribution in [1.82, 2.24) is 15.3 Å². The Bertz CT molecular complexity index is 1060. The summed E-state index contributed by atoms with van der Waals surface area (Å²) in [6.45, 7) is 0.541. The summed E-state index contributed by atoms with van der Waals surface area (Å²) in [5.41, 5.74) is 2.00. The Morgan fingerprint density at radius 3 is 2.44 bits per heavy atom. The molecule has 168 valence electrons. The monoisotopic (exact) mass is 433 g/mol. The first-order chi connectivity index (χ1) is 15.5. The maximum absolute atomic E-state index is 12.6. The van der Waals surface area contributed by atoms with Crippen molar-refractivity contribution in [1.29, 1.82) is 0 Å². The Kier molecular flexibility index (Phi) is 6.73. The van der Waals surface area contributed by atoms with E-state index in [0.717, 1.165) is 53.7 Å². The number of rotatable bonds is 7. The fraction of sp³-hybridized carbons (Fsp3) is 0.400. The van der Waals surface area contributed by atoms with Crippen molar-refractivity contribution in [2.75, 3.05) is 31.4 Å². The highest BCUT2D eigenvalue weighted by Gasteiger charge is 2.26. The third kappa shape index (κ3) is 5.10. The highest BCUT2D eigenvalue weighted by molar-refractivity contribution is 5.90. The van der Waals surface area contributed by atoms with Gasteiger partial charge in [0.25, 0.3) is 0 Å². The van der Waals surface area contributed by atoms with Crippen LogP contribution in [0.4, 0.5) is 11.8 Å². The number of hydrogen-bond acceptors (Lipinski definition) is 6. The smallest absolute Gasteiger partial charge is 0.225 e. The van der Waals surface area contributed by atoms with E-state index in [1.807, 2.05) is 67.5 Å². The molecule has 1 amide bonds. The van der Waals surface area contributed by atoms with Gasteiger partial charge in [-0.25, -0.2) is 4.98 Å². The zero-order chi connectivity index (χ0) is 22.5. The van der Waals surface area contributed by atoms with Gasteiger partial charge in [-0.1, -0.05) is 24.3 Å². The number of para-hydroxylation sites is 1. The fourth-order valence-corrected chi connectivity index (χ4v) is 4.22. The summed E-state index contributed by atoms with van der Waals surface area (Å²) in [5.74, 6) is 2.57. The molecule has 3 aromatic rings. The molecule has 7 nitrogen and oxygen atoms in total. The molecule has 0 atom stereocenters. The molecular weight excluding hydrogens is 402 g/mol. The van der Waals surface area contributed by atoms with Gasteiger partial charge in [0.1, 0.15) is 11.6 Å². The van der Waals surface area contributed by atoms with Gasteiger partial charge in [-0.2, -0.15) is 4.98 Å². The summed E-state index contributed by atoms with van der Waals surface area (Å²) < 4.78 is 5.18. The van der Waals surface area contributed by atoms with E-state index in [4.69, 9.17) is 14.7 Å². The lowest BCUT2D eigenvalue weighted by Gasteiger charge is -2.28. The second-order valence-corrected chi connectivity index (χ2v) is 8.54. The van der Waals surface area contributed by atoms with Crippen LogP contribution in [-0.4, -0.2) is 43.1 Å². The Hall–Kier alpha value is -3.35. The number of carbonyl (C=O) groups excluding carboxylic acids is 1. The van der Waals surface area contributed by atoms with E-state index in [-0.39, 0.29) is 17.9 Å². The molecule has 2 N–H and O–H groups in total. The lowest BCUT2D eigenvalue weighted by Crippen LogP contribution is -2.35. The van der Waals surface area contributed by atoms with Crippen molar-refractivity contribution in [3.05, 3.63) is 54.1 Å². The first kappa shape index (κ1) is 21.9. The van der Waals surface area contributed by atoms with E-state index < -0.39 is 0 Å². The van der Waals surface area contributed by atoms with E-state index in [2.05, 4.69) is 10.6 Å². The Labute approximate surface area is 189 Å². The number of benzene rings is 2. The van der Waals surface area contributed by atoms with Crippen LogP contribution in [0.15, 0.2) is 48.5 Å². The van der Waals surface area contributed by atoms with Gasteiger partial charge >= 0.3 is 0 Å². The number of aromatic nitrogens is 2. The molecule has 0 bridgehead atoms. The number of anilines is 2. The lowest BCUT2D eigenvalue weighted by atomic mass is 9.85. The maximum Gasteiger partial charge on any atom is 0.225 e. The molecule has 7 heteroatoms. The molecule has 0 unspecified atom stereocenters. The molecule has 32 heavy (non-hydrogen) atoms. The predicted octanol–water partition coefficient (Wildman–Crippen LogP) is 3.99. The van der Waals surface area contributed by atoms with Gasteiger partial charge in [0.05, 0.1) is 12.6 Å². The van der Waals surface area contributed by atoms with Gasteiger partial charge < -0.3 is 20.3 Å². The largest absolute Gasteiger partial charge is 0.497 e. The summed E-state index contributed by atoms with van der Waals surface area (Å²) in [4.78, 5) is 24.1. The average molecular weight is 434 g/mol. The molecule has 1 heterocycles. The van der Waals surface area contributed by atoms with E-state index >= 15 is 0 Å². The topological polar surface area (TPSA) is 79.4 Å². The number of amides is 1. The van der Waals surface area contributed by atoms with Crippen LogP contribution >= 0.6 is 0 Å². The normalized spacial score (nSPS) is 18.2. The summed E-state index contributed by atoms with van der Waals surface area (Å²) >= 11 is 0. The quantitative estimate of drug-likeness (QED) is 0.587. The number of methoxy groups -OCH3 is 1. The molecule has 1 fully saturated rings. The van der Waals surface area contributed by atoms with Crippen molar-refractivity contribution in [2.24, 2.45) is 5.92 Å². The van der Waals surface area contributed by atoms with Crippen LogP contribution < -0.4 is 20.3 Å². The van der Waals surface area contributed by atoms with Crippen LogP contribution in [0.3, 0.4) is 0 Å². The summed E-state index contributed by atoms with van der Waals surface area (Å²) in [7, 11) is 5.64. The summed E-state index contributed by atoms with van der Waals surface area (Å²) in [6.07, 6.45) is 3.57. The van der Waals surface area contributed by atoms with Crippen LogP contribution in [0.2, 0.25) is 0 Å². The fourth-order valence-electron chi connectivity index (χ4n) is 4.22. The Balaban J connectivity index is 1.31. The first-order valence-electron chi connectivity index (χ1n) is 11.1. The van der Waals surface area contributed by atoms with Crippen molar-refractivity contribution in [3.63, 3.8) is 0 Å². The van der Waals surface area contributed by atoms with E-state index in [9.17, 15) is 4.79 Å². The van der Waals surface area contributed by atoms with Crippen LogP contribution in [0, 0.1) is 5.92 Å². The standard InChI is InChI=1S/C25H31N5O2/c1-30(2)23-21-6-4-5-7-22(21)28-25(29-23)27-19-12-10-18(11-13-19)24(31)26-16-17-8-14-20(32-3)15-9-17/h4-9,14-15,18-19H,10-13,16H2,1-3H3,(H,26,31)(H,27,28,29)/t18-,19+. The van der Waals surface area contributed by atoms with Crippen molar-refractivity contribution >= 4 is 28.6 Å². The molecule has 0 spiro atoms. The first-order valence-corrected chi connectivity index (χ1v) is 11.1. The zero-order valence-corrected chi connectivity index (χ0v) is 19.0. The Morgan fingerprint density at radius 1 is 1.03 bits per heavy atom. The predicted molar refractivity (Wildman–Crippen MR) is 128 cm³/mol. The van der Waals surface area contributed by atoms with Crippen LogP contribution in [0.25, 0.3) is 10.9 Å². The van der Waals surface area contributed by atoms with Crippen molar-refractivity contribution < 1.29 is 9.53 Å². The highest BCUT2D eigenvalue weighted by atomic mass is 16.5. The zero-order valence-electron chi connectivity index (χ0n) is 19.0.